The van der Waals surface area contributed by atoms with Gasteiger partial charge in [-0.3, -0.25) is 20.4 Å². The summed E-state index contributed by atoms with van der Waals surface area (Å²) in [7, 11) is -3.52. The van der Waals surface area contributed by atoms with Crippen LogP contribution in [0.4, 0.5) is 4.39 Å². The lowest BCUT2D eigenvalue weighted by Gasteiger charge is -2.09. The average Bonchev–Trinajstić information content (AvgIpc) is 2.52. The first-order valence-electron chi connectivity index (χ1n) is 6.54. The third kappa shape index (κ3) is 4.30. The molecule has 0 heterocycles. The highest BCUT2D eigenvalue weighted by molar-refractivity contribution is 7.90. The van der Waals surface area contributed by atoms with Crippen LogP contribution in [0.25, 0.3) is 0 Å². The number of benzene rings is 2. The number of carbonyl (C=O) groups excluding carboxylic acids is 2. The molecule has 6 nitrogen and oxygen atoms in total. The highest BCUT2D eigenvalue weighted by Gasteiger charge is 2.16. The van der Waals surface area contributed by atoms with E-state index in [0.717, 1.165) is 24.5 Å². The number of amides is 2. The Morgan fingerprint density at radius 3 is 2.17 bits per heavy atom. The summed E-state index contributed by atoms with van der Waals surface area (Å²) in [6.07, 6.45) is 0.994. The Morgan fingerprint density at radius 1 is 1.00 bits per heavy atom. The largest absolute Gasteiger partial charge is 0.271 e. The van der Waals surface area contributed by atoms with Crippen molar-refractivity contribution in [2.24, 2.45) is 0 Å². The van der Waals surface area contributed by atoms with Gasteiger partial charge in [0.15, 0.2) is 9.84 Å². The van der Waals surface area contributed by atoms with Crippen molar-refractivity contribution >= 4 is 33.3 Å². The van der Waals surface area contributed by atoms with Crippen molar-refractivity contribution in [2.45, 2.75) is 4.90 Å². The van der Waals surface area contributed by atoms with Gasteiger partial charge in [0.25, 0.3) is 11.8 Å². The smallest absolute Gasteiger partial charge is 0.267 e. The fourth-order valence-electron chi connectivity index (χ4n) is 1.76. The molecule has 0 unspecified atom stereocenters. The number of halogens is 2. The fourth-order valence-corrected chi connectivity index (χ4v) is 2.61. The Kier molecular flexibility index (Phi) is 5.20. The summed E-state index contributed by atoms with van der Waals surface area (Å²) >= 11 is 5.88. The molecule has 2 aromatic rings. The van der Waals surface area contributed by atoms with Crippen LogP contribution in [0.15, 0.2) is 47.4 Å². The van der Waals surface area contributed by atoms with E-state index in [4.69, 9.17) is 11.6 Å². The molecule has 0 bridgehead atoms. The maximum atomic E-state index is 12.8. The normalized spacial score (nSPS) is 11.0. The van der Waals surface area contributed by atoms with Gasteiger partial charge in [-0.05, 0) is 42.5 Å². The van der Waals surface area contributed by atoms with Gasteiger partial charge in [-0.2, -0.15) is 0 Å². The van der Waals surface area contributed by atoms with Crippen molar-refractivity contribution in [1.82, 2.24) is 10.9 Å². The van der Waals surface area contributed by atoms with E-state index < -0.39 is 27.5 Å². The number of hydrogen-bond acceptors (Lipinski definition) is 4. The third-order valence-corrected chi connectivity index (χ3v) is 4.45. The van der Waals surface area contributed by atoms with Gasteiger partial charge in [-0.1, -0.05) is 11.6 Å². The predicted octanol–water partition coefficient (Wildman–Crippen LogP) is 1.96. The van der Waals surface area contributed by atoms with Crippen molar-refractivity contribution < 1.29 is 22.4 Å². The maximum absolute atomic E-state index is 12.8. The number of sulfone groups is 1. The molecule has 2 N–H and O–H groups in total. The van der Waals surface area contributed by atoms with E-state index in [2.05, 4.69) is 10.9 Å². The van der Waals surface area contributed by atoms with Crippen molar-refractivity contribution in [1.29, 1.82) is 0 Å². The van der Waals surface area contributed by atoms with Gasteiger partial charge < -0.3 is 0 Å². The molecule has 24 heavy (non-hydrogen) atoms. The van der Waals surface area contributed by atoms with Crippen LogP contribution >= 0.6 is 11.6 Å². The zero-order chi connectivity index (χ0) is 17.9. The Balaban J connectivity index is 2.12. The average molecular weight is 371 g/mol. The minimum absolute atomic E-state index is 0.0240. The second-order valence-electron chi connectivity index (χ2n) is 4.83. The molecular weight excluding hydrogens is 359 g/mol. The minimum Gasteiger partial charge on any atom is -0.267 e. The second-order valence-corrected chi connectivity index (χ2v) is 7.25. The molecule has 0 aliphatic heterocycles. The van der Waals surface area contributed by atoms with Crippen molar-refractivity contribution in [3.8, 4) is 0 Å². The summed E-state index contributed by atoms with van der Waals surface area (Å²) < 4.78 is 35.8. The number of rotatable bonds is 3. The van der Waals surface area contributed by atoms with Crippen LogP contribution in [0.5, 0.6) is 0 Å². The van der Waals surface area contributed by atoms with E-state index in [9.17, 15) is 22.4 Å². The lowest BCUT2D eigenvalue weighted by atomic mass is 10.2. The molecule has 0 radical (unpaired) electrons. The van der Waals surface area contributed by atoms with E-state index in [1.807, 2.05) is 0 Å². The summed E-state index contributed by atoms with van der Waals surface area (Å²) in [5.41, 5.74) is 4.27. The molecule has 0 saturated carbocycles. The minimum atomic E-state index is -3.52. The van der Waals surface area contributed by atoms with Gasteiger partial charge in [0.2, 0.25) is 0 Å². The molecule has 2 aromatic carbocycles. The highest BCUT2D eigenvalue weighted by Crippen LogP contribution is 2.20. The molecule has 2 rings (SSSR count). The molecular formula is C15H12ClFN2O4S. The third-order valence-electron chi connectivity index (χ3n) is 3.01. The number of hydrogen-bond donors (Lipinski definition) is 2. The van der Waals surface area contributed by atoms with Crippen LogP contribution in [0, 0.1) is 5.82 Å². The zero-order valence-electron chi connectivity index (χ0n) is 12.3. The van der Waals surface area contributed by atoms with E-state index >= 15 is 0 Å². The molecule has 9 heteroatoms. The molecule has 0 aromatic heterocycles. The molecule has 0 aliphatic rings. The predicted molar refractivity (Wildman–Crippen MR) is 85.9 cm³/mol. The highest BCUT2D eigenvalue weighted by atomic mass is 35.5. The first-order valence-corrected chi connectivity index (χ1v) is 8.81. The Morgan fingerprint density at radius 2 is 1.58 bits per heavy atom. The lowest BCUT2D eigenvalue weighted by molar-refractivity contribution is 0.0846. The molecule has 0 spiro atoms. The number of hydrazine groups is 1. The molecule has 0 aliphatic carbocycles. The first-order chi connectivity index (χ1) is 11.2. The Hall–Kier alpha value is -2.45. The second kappa shape index (κ2) is 6.98. The van der Waals surface area contributed by atoms with Crippen molar-refractivity contribution in [2.75, 3.05) is 6.26 Å². The van der Waals surface area contributed by atoms with Crippen LogP contribution in [-0.2, 0) is 9.84 Å². The van der Waals surface area contributed by atoms with Crippen LogP contribution < -0.4 is 10.9 Å². The van der Waals surface area contributed by atoms with Gasteiger partial charge in [-0.15, -0.1) is 0 Å². The van der Waals surface area contributed by atoms with Crippen LogP contribution in [0.3, 0.4) is 0 Å². The monoisotopic (exact) mass is 370 g/mol. The zero-order valence-corrected chi connectivity index (χ0v) is 13.9. The number of nitrogens with one attached hydrogen (secondary N) is 2. The molecule has 0 fully saturated rings. The summed E-state index contributed by atoms with van der Waals surface area (Å²) in [6.45, 7) is 0. The molecule has 0 saturated heterocycles. The SMILES string of the molecule is CS(=O)(=O)c1ccc(Cl)c(C(=O)NNC(=O)c2ccc(F)cc2)c1. The summed E-state index contributed by atoms with van der Waals surface area (Å²) in [5, 5.41) is 0.0240. The van der Waals surface area contributed by atoms with Gasteiger partial charge in [-0.25, -0.2) is 12.8 Å². The standard InChI is InChI=1S/C15H12ClFN2O4S/c1-24(22,23)11-6-7-13(16)12(8-11)15(21)19-18-14(20)9-2-4-10(17)5-3-9/h2-8H,1H3,(H,18,20)(H,19,21). The van der Waals surface area contributed by atoms with Gasteiger partial charge in [0.05, 0.1) is 15.5 Å². The summed E-state index contributed by atoms with van der Waals surface area (Å²) in [5.74, 6) is -1.96. The maximum Gasteiger partial charge on any atom is 0.271 e. The van der Waals surface area contributed by atoms with E-state index in [0.29, 0.717) is 0 Å². The number of carbonyl (C=O) groups is 2. The molecule has 126 valence electrons. The summed E-state index contributed by atoms with van der Waals surface area (Å²) in [6, 6.07) is 8.34. The van der Waals surface area contributed by atoms with E-state index in [-0.39, 0.29) is 21.0 Å². The Bertz CT molecular complexity index is 898. The molecule has 2 amide bonds. The van der Waals surface area contributed by atoms with Crippen molar-refractivity contribution in [3.63, 3.8) is 0 Å². The summed E-state index contributed by atoms with van der Waals surface area (Å²) in [4.78, 5) is 23.8. The van der Waals surface area contributed by atoms with E-state index in [1.165, 1.54) is 24.3 Å². The Labute approximate surface area is 142 Å². The van der Waals surface area contributed by atoms with Gasteiger partial charge >= 0.3 is 0 Å². The fraction of sp³-hybridized carbons (Fsp3) is 0.0667. The van der Waals surface area contributed by atoms with Crippen molar-refractivity contribution in [3.05, 3.63) is 64.4 Å². The van der Waals surface area contributed by atoms with Crippen LogP contribution in [0.2, 0.25) is 5.02 Å². The van der Waals surface area contributed by atoms with Crippen LogP contribution in [0.1, 0.15) is 20.7 Å². The van der Waals surface area contributed by atoms with E-state index in [1.54, 1.807) is 0 Å². The molecule has 0 atom stereocenters. The first kappa shape index (κ1) is 17.9. The van der Waals surface area contributed by atoms with Gasteiger partial charge in [0.1, 0.15) is 5.82 Å². The topological polar surface area (TPSA) is 92.3 Å². The quantitative estimate of drug-likeness (QED) is 0.808. The van der Waals surface area contributed by atoms with Crippen LogP contribution in [-0.4, -0.2) is 26.5 Å². The van der Waals surface area contributed by atoms with Gasteiger partial charge in [0, 0.05) is 11.8 Å². The lowest BCUT2D eigenvalue weighted by Crippen LogP contribution is -2.41.